The number of aromatic nitrogens is 3. The van der Waals surface area contributed by atoms with E-state index in [0.717, 1.165) is 58.3 Å². The number of nitrogens with one attached hydrogen (secondary N) is 4. The van der Waals surface area contributed by atoms with Crippen LogP contribution in [-0.4, -0.2) is 38.5 Å². The van der Waals surface area contributed by atoms with Crippen molar-refractivity contribution in [2.45, 2.75) is 45.1 Å². The molecule has 0 bridgehead atoms. The van der Waals surface area contributed by atoms with Gasteiger partial charge in [-0.1, -0.05) is 66.7 Å². The highest BCUT2D eigenvalue weighted by molar-refractivity contribution is 5.97. The van der Waals surface area contributed by atoms with Gasteiger partial charge in [0.1, 0.15) is 11.9 Å². The summed E-state index contributed by atoms with van der Waals surface area (Å²) in [7, 11) is 4.05. The summed E-state index contributed by atoms with van der Waals surface area (Å²) in [5.74, 6) is 0.505. The Bertz CT molecular complexity index is 1990. The summed E-state index contributed by atoms with van der Waals surface area (Å²) < 4.78 is 4.18. The molecule has 0 spiro atoms. The fraction of sp³-hybridized carbons (Fsp3) is 0.256. The maximum absolute atomic E-state index is 13.5. The number of hydrogen-bond donors (Lipinski definition) is 4. The number of carbonyl (C=O) groups excluding carboxylic acids is 2. The Morgan fingerprint density at radius 1 is 0.771 bits per heavy atom. The Labute approximate surface area is 281 Å². The van der Waals surface area contributed by atoms with Crippen molar-refractivity contribution in [2.75, 3.05) is 6.54 Å². The summed E-state index contributed by atoms with van der Waals surface area (Å²) in [5.41, 5.74) is 5.89. The van der Waals surface area contributed by atoms with E-state index in [1.165, 1.54) is 5.69 Å². The van der Waals surface area contributed by atoms with Gasteiger partial charge in [0.15, 0.2) is 0 Å². The summed E-state index contributed by atoms with van der Waals surface area (Å²) in [6, 6.07) is 33.3. The molecule has 2 aromatic heterocycles. The molecule has 4 N–H and O–H groups in total. The van der Waals surface area contributed by atoms with E-state index < -0.39 is 6.04 Å². The van der Waals surface area contributed by atoms with E-state index in [0.29, 0.717) is 31.6 Å². The lowest BCUT2D eigenvalue weighted by Gasteiger charge is -2.19. The quantitative estimate of drug-likeness (QED) is 0.113. The molecule has 0 radical (unpaired) electrons. The number of rotatable bonds is 15. The number of aryl methyl sites for hydroxylation is 2. The number of imidazole rings is 1. The Balaban J connectivity index is 1.05. The third-order valence-electron chi connectivity index (χ3n) is 8.87. The van der Waals surface area contributed by atoms with Gasteiger partial charge in [0.05, 0.1) is 17.6 Å². The topological polar surface area (TPSA) is 105 Å². The minimum atomic E-state index is -0.668. The van der Waals surface area contributed by atoms with Crippen molar-refractivity contribution in [3.63, 3.8) is 0 Å². The van der Waals surface area contributed by atoms with Gasteiger partial charge in [-0.05, 0) is 77.7 Å². The summed E-state index contributed by atoms with van der Waals surface area (Å²) in [4.78, 5) is 31.6. The molecule has 48 heavy (non-hydrogen) atoms. The van der Waals surface area contributed by atoms with E-state index in [2.05, 4.69) is 60.7 Å². The Morgan fingerprint density at radius 3 is 2.38 bits per heavy atom. The normalized spacial score (nSPS) is 12.0. The second kappa shape index (κ2) is 15.6. The van der Waals surface area contributed by atoms with Crippen molar-refractivity contribution >= 4 is 33.6 Å². The zero-order valence-electron chi connectivity index (χ0n) is 27.6. The average Bonchev–Trinajstić information content (AvgIpc) is 3.67. The highest BCUT2D eigenvalue weighted by atomic mass is 16.2. The molecule has 0 saturated carbocycles. The van der Waals surface area contributed by atoms with E-state index in [1.807, 2.05) is 93.1 Å². The molecule has 0 saturated heterocycles. The van der Waals surface area contributed by atoms with Crippen molar-refractivity contribution in [3.8, 4) is 0 Å². The first-order valence-electron chi connectivity index (χ1n) is 16.5. The van der Waals surface area contributed by atoms with Crippen molar-refractivity contribution in [1.82, 2.24) is 35.4 Å². The summed E-state index contributed by atoms with van der Waals surface area (Å²) in [6.07, 6.45) is 3.26. The van der Waals surface area contributed by atoms with Gasteiger partial charge in [-0.25, -0.2) is 4.98 Å². The van der Waals surface area contributed by atoms with Gasteiger partial charge < -0.3 is 30.4 Å². The number of benzene rings is 4. The molecule has 9 heteroatoms. The van der Waals surface area contributed by atoms with Crippen LogP contribution in [-0.2, 0) is 45.1 Å². The molecule has 0 aliphatic carbocycles. The van der Waals surface area contributed by atoms with Crippen LogP contribution in [0.5, 0.6) is 0 Å². The maximum atomic E-state index is 13.5. The first kappa shape index (κ1) is 32.7. The van der Waals surface area contributed by atoms with Crippen LogP contribution in [0.2, 0.25) is 0 Å². The van der Waals surface area contributed by atoms with Crippen LogP contribution in [0.25, 0.3) is 21.8 Å². The molecule has 9 nitrogen and oxygen atoms in total. The predicted octanol–water partition coefficient (Wildman–Crippen LogP) is 5.34. The standard InChI is InChI=1S/C39H43N7O2/c1-45-23-9-13-32(45)26-40-22-8-16-35(39(48)42-25-31-12-7-11-29-10-3-4-14-33(29)31)44-38(47)30-20-18-28(19-21-30)24-41-27-37-43-34-15-5-6-17-36(34)46(37)2/h3-7,9-15,17-21,23,35,40-41H,8,16,22,24-27H2,1-2H3,(H,42,48)(H,44,47)/t35-/m0/s1. The molecule has 0 aliphatic rings. The summed E-state index contributed by atoms with van der Waals surface area (Å²) in [5, 5.41) is 15.2. The lowest BCUT2D eigenvalue weighted by Crippen LogP contribution is -2.46. The summed E-state index contributed by atoms with van der Waals surface area (Å²) >= 11 is 0. The molecule has 2 amide bonds. The third kappa shape index (κ3) is 7.99. The molecule has 246 valence electrons. The lowest BCUT2D eigenvalue weighted by molar-refractivity contribution is -0.123. The van der Waals surface area contributed by atoms with Crippen LogP contribution in [0.3, 0.4) is 0 Å². The average molecular weight is 642 g/mol. The summed E-state index contributed by atoms with van der Waals surface area (Å²) in [6.45, 7) is 3.12. The molecule has 4 aromatic carbocycles. The molecule has 1 atom stereocenters. The van der Waals surface area contributed by atoms with E-state index in [9.17, 15) is 9.59 Å². The Kier molecular flexibility index (Phi) is 10.6. The first-order valence-corrected chi connectivity index (χ1v) is 16.5. The van der Waals surface area contributed by atoms with Gasteiger partial charge in [0, 0.05) is 51.2 Å². The van der Waals surface area contributed by atoms with E-state index >= 15 is 0 Å². The van der Waals surface area contributed by atoms with Crippen LogP contribution in [0.1, 0.15) is 45.8 Å². The van der Waals surface area contributed by atoms with Crippen molar-refractivity contribution in [1.29, 1.82) is 0 Å². The molecule has 0 unspecified atom stereocenters. The molecule has 6 rings (SSSR count). The Hall–Kier alpha value is -5.25. The van der Waals surface area contributed by atoms with Gasteiger partial charge in [-0.15, -0.1) is 0 Å². The van der Waals surface area contributed by atoms with Gasteiger partial charge in [-0.3, -0.25) is 9.59 Å². The van der Waals surface area contributed by atoms with Crippen LogP contribution < -0.4 is 21.3 Å². The smallest absolute Gasteiger partial charge is 0.251 e. The van der Waals surface area contributed by atoms with Crippen LogP contribution in [0, 0.1) is 0 Å². The van der Waals surface area contributed by atoms with E-state index in [-0.39, 0.29) is 11.8 Å². The predicted molar refractivity (Wildman–Crippen MR) is 191 cm³/mol. The number of hydrogen-bond acceptors (Lipinski definition) is 5. The van der Waals surface area contributed by atoms with Crippen LogP contribution >= 0.6 is 0 Å². The molecule has 0 aliphatic heterocycles. The number of amides is 2. The van der Waals surface area contributed by atoms with Crippen LogP contribution in [0.4, 0.5) is 0 Å². The highest BCUT2D eigenvalue weighted by Gasteiger charge is 2.21. The monoisotopic (exact) mass is 641 g/mol. The fourth-order valence-corrected chi connectivity index (χ4v) is 6.04. The second-order valence-electron chi connectivity index (χ2n) is 12.2. The molecule has 6 aromatic rings. The second-order valence-corrected chi connectivity index (χ2v) is 12.2. The first-order chi connectivity index (χ1) is 23.5. The zero-order valence-corrected chi connectivity index (χ0v) is 27.6. The minimum absolute atomic E-state index is 0.193. The van der Waals surface area contributed by atoms with Crippen molar-refractivity contribution < 1.29 is 9.59 Å². The maximum Gasteiger partial charge on any atom is 0.251 e. The number of fused-ring (bicyclic) bond motifs is 2. The molecule has 0 fully saturated rings. The minimum Gasteiger partial charge on any atom is -0.353 e. The van der Waals surface area contributed by atoms with E-state index in [1.54, 1.807) is 0 Å². The molecular weight excluding hydrogens is 598 g/mol. The van der Waals surface area contributed by atoms with Crippen molar-refractivity contribution in [2.24, 2.45) is 14.1 Å². The van der Waals surface area contributed by atoms with E-state index in [4.69, 9.17) is 4.98 Å². The van der Waals surface area contributed by atoms with Crippen LogP contribution in [0.15, 0.2) is 109 Å². The Morgan fingerprint density at radius 2 is 1.56 bits per heavy atom. The zero-order chi connectivity index (χ0) is 33.3. The molecule has 2 heterocycles. The number of carbonyl (C=O) groups is 2. The van der Waals surface area contributed by atoms with Crippen molar-refractivity contribution in [3.05, 3.63) is 138 Å². The molecular formula is C39H43N7O2. The highest BCUT2D eigenvalue weighted by Crippen LogP contribution is 2.19. The SMILES string of the molecule is Cn1cccc1CNCCC[C@H](NC(=O)c1ccc(CNCc2nc3ccccc3n2C)cc1)C(=O)NCc1cccc2ccccc12. The largest absolute Gasteiger partial charge is 0.353 e. The number of nitrogens with zero attached hydrogens (tertiary/aromatic N) is 3. The van der Waals surface area contributed by atoms with Gasteiger partial charge in [0.2, 0.25) is 5.91 Å². The fourth-order valence-electron chi connectivity index (χ4n) is 6.04. The van der Waals surface area contributed by atoms with Gasteiger partial charge in [0.25, 0.3) is 5.91 Å². The number of para-hydroxylation sites is 2. The van der Waals surface area contributed by atoms with Gasteiger partial charge in [-0.2, -0.15) is 0 Å². The lowest BCUT2D eigenvalue weighted by atomic mass is 10.0. The third-order valence-corrected chi connectivity index (χ3v) is 8.87. The van der Waals surface area contributed by atoms with Gasteiger partial charge >= 0.3 is 0 Å².